The van der Waals surface area contributed by atoms with Crippen LogP contribution in [0.5, 0.6) is 5.75 Å². The zero-order valence-electron chi connectivity index (χ0n) is 16.3. The van der Waals surface area contributed by atoms with Gasteiger partial charge < -0.3 is 19.7 Å². The summed E-state index contributed by atoms with van der Waals surface area (Å²) in [4.78, 5) is 15.0. The molecule has 0 spiro atoms. The Morgan fingerprint density at radius 1 is 1.28 bits per heavy atom. The van der Waals surface area contributed by atoms with E-state index in [1.54, 1.807) is 12.1 Å². The summed E-state index contributed by atoms with van der Waals surface area (Å²) in [5.41, 5.74) is 2.54. The zero-order chi connectivity index (χ0) is 22.9. The van der Waals surface area contributed by atoms with E-state index >= 15 is 0 Å². The summed E-state index contributed by atoms with van der Waals surface area (Å²) < 4.78 is 46.8. The number of hydrogen-bond donors (Lipinski definition) is 2. The van der Waals surface area contributed by atoms with Gasteiger partial charge in [0, 0.05) is 29.3 Å². The molecule has 4 rings (SSSR count). The normalized spacial score (nSPS) is 15.0. The number of rotatable bonds is 6. The van der Waals surface area contributed by atoms with Gasteiger partial charge in [0.25, 0.3) is 5.89 Å². The van der Waals surface area contributed by atoms with Gasteiger partial charge in [0.15, 0.2) is 0 Å². The van der Waals surface area contributed by atoms with E-state index in [1.807, 2.05) is 12.1 Å². The van der Waals surface area contributed by atoms with E-state index in [2.05, 4.69) is 20.2 Å². The van der Waals surface area contributed by atoms with Gasteiger partial charge in [-0.15, -0.1) is 13.2 Å². The fraction of sp³-hybridized carbons (Fsp3) is 0.238. The van der Waals surface area contributed by atoms with Crippen LogP contribution in [0.15, 0.2) is 40.9 Å². The lowest BCUT2D eigenvalue weighted by molar-refractivity contribution is -0.274. The molecule has 1 aliphatic heterocycles. The van der Waals surface area contributed by atoms with Crippen LogP contribution >= 0.6 is 0 Å². The molecule has 0 radical (unpaired) electrons. The predicted molar refractivity (Wildman–Crippen MR) is 105 cm³/mol. The second-order valence-electron chi connectivity index (χ2n) is 7.18. The van der Waals surface area contributed by atoms with E-state index in [9.17, 15) is 18.0 Å². The molecule has 164 valence electrons. The molecule has 1 atom stereocenters. The maximum Gasteiger partial charge on any atom is 0.573 e. The van der Waals surface area contributed by atoms with Gasteiger partial charge in [-0.25, -0.2) is 0 Å². The number of carbonyl (C=O) groups is 1. The molecular formula is C21H15F3N4O4. The number of carboxylic acid groups (broad SMARTS) is 1. The summed E-state index contributed by atoms with van der Waals surface area (Å²) >= 11 is 0. The number of anilines is 1. The number of alkyl halides is 3. The summed E-state index contributed by atoms with van der Waals surface area (Å²) in [7, 11) is 0. The van der Waals surface area contributed by atoms with Gasteiger partial charge in [0.2, 0.25) is 5.82 Å². The van der Waals surface area contributed by atoms with Crippen molar-refractivity contribution in [3.63, 3.8) is 0 Å². The van der Waals surface area contributed by atoms with E-state index < -0.39 is 18.1 Å². The number of hydrogen-bond acceptors (Lipinski definition) is 7. The lowest BCUT2D eigenvalue weighted by Crippen LogP contribution is -2.17. The quantitative estimate of drug-likeness (QED) is 0.575. The van der Waals surface area contributed by atoms with Crippen molar-refractivity contribution in [3.8, 4) is 34.7 Å². The van der Waals surface area contributed by atoms with Crippen molar-refractivity contribution >= 4 is 11.7 Å². The average Bonchev–Trinajstić information content (AvgIpc) is 3.37. The molecule has 8 nitrogen and oxygen atoms in total. The predicted octanol–water partition coefficient (Wildman–Crippen LogP) is 4.38. The van der Waals surface area contributed by atoms with E-state index in [0.29, 0.717) is 18.4 Å². The van der Waals surface area contributed by atoms with Crippen molar-refractivity contribution in [1.29, 1.82) is 5.26 Å². The van der Waals surface area contributed by atoms with Gasteiger partial charge in [0.1, 0.15) is 5.75 Å². The molecule has 2 N–H and O–H groups in total. The maximum atomic E-state index is 12.6. The van der Waals surface area contributed by atoms with Gasteiger partial charge in [-0.2, -0.15) is 10.2 Å². The molecule has 3 aromatic rings. The fourth-order valence-electron chi connectivity index (χ4n) is 3.49. The van der Waals surface area contributed by atoms with Crippen LogP contribution < -0.4 is 10.1 Å². The zero-order valence-corrected chi connectivity index (χ0v) is 16.3. The number of ether oxygens (including phenoxy) is 1. The molecule has 1 aromatic heterocycles. The van der Waals surface area contributed by atoms with Crippen molar-refractivity contribution in [3.05, 3.63) is 47.5 Å². The molecule has 2 aromatic carbocycles. The van der Waals surface area contributed by atoms with Gasteiger partial charge in [0.05, 0.1) is 11.6 Å². The fourth-order valence-corrected chi connectivity index (χ4v) is 3.49. The Labute approximate surface area is 179 Å². The molecule has 1 aliphatic rings. The SMILES string of the molecule is N#Cc1cc(OC(F)(F)F)cc(-c2nc(-c3ccc4c(c3)C[C@@H](CCC(=O)O)N4)no2)c1. The smallest absolute Gasteiger partial charge is 0.481 e. The molecule has 0 amide bonds. The molecule has 0 fully saturated rings. The second-order valence-corrected chi connectivity index (χ2v) is 7.18. The third kappa shape index (κ3) is 4.80. The monoisotopic (exact) mass is 444 g/mol. The van der Waals surface area contributed by atoms with Crippen molar-refractivity contribution in [1.82, 2.24) is 10.1 Å². The highest BCUT2D eigenvalue weighted by atomic mass is 19.4. The Bertz CT molecular complexity index is 1220. The minimum absolute atomic E-state index is 0.0120. The molecule has 32 heavy (non-hydrogen) atoms. The van der Waals surface area contributed by atoms with Gasteiger partial charge in [-0.05, 0) is 54.8 Å². The van der Waals surface area contributed by atoms with Crippen LogP contribution in [0.1, 0.15) is 24.0 Å². The number of nitrogens with one attached hydrogen (secondary N) is 1. The Morgan fingerprint density at radius 3 is 2.81 bits per heavy atom. The van der Waals surface area contributed by atoms with Crippen LogP contribution in [0.3, 0.4) is 0 Å². The highest BCUT2D eigenvalue weighted by molar-refractivity contribution is 5.69. The minimum Gasteiger partial charge on any atom is -0.481 e. The second kappa shape index (κ2) is 8.22. The lowest BCUT2D eigenvalue weighted by Gasteiger charge is -2.09. The van der Waals surface area contributed by atoms with Crippen LogP contribution in [-0.2, 0) is 11.2 Å². The maximum absolute atomic E-state index is 12.6. The topological polar surface area (TPSA) is 121 Å². The first-order chi connectivity index (χ1) is 15.2. The Kier molecular flexibility index (Phi) is 5.44. The molecule has 0 saturated carbocycles. The summed E-state index contributed by atoms with van der Waals surface area (Å²) in [6, 6.07) is 10.6. The number of halogens is 3. The van der Waals surface area contributed by atoms with Crippen LogP contribution in [0.2, 0.25) is 0 Å². The number of fused-ring (bicyclic) bond motifs is 1. The standard InChI is InChI=1S/C21H15F3N4O4/c22-21(23,24)31-16-6-11(10-25)5-14(9-16)20-27-19(28-32-20)12-1-3-17-13(7-12)8-15(26-17)2-4-18(29)30/h1,3,5-7,9,15,26H,2,4,8H2,(H,29,30)/t15-/m1/s1. The van der Waals surface area contributed by atoms with E-state index in [0.717, 1.165) is 23.4 Å². The Hall–Kier alpha value is -4.07. The van der Waals surface area contributed by atoms with Crippen molar-refractivity contribution < 1.29 is 32.3 Å². The summed E-state index contributed by atoms with van der Waals surface area (Å²) in [6.07, 6.45) is -3.71. The van der Waals surface area contributed by atoms with Crippen molar-refractivity contribution in [2.24, 2.45) is 0 Å². The van der Waals surface area contributed by atoms with E-state index in [-0.39, 0.29) is 35.3 Å². The Morgan fingerprint density at radius 2 is 2.09 bits per heavy atom. The average molecular weight is 444 g/mol. The first kappa shape index (κ1) is 21.2. The molecule has 0 unspecified atom stereocenters. The number of benzene rings is 2. The molecule has 0 saturated heterocycles. The number of carboxylic acids is 1. The van der Waals surface area contributed by atoms with Crippen molar-refractivity contribution in [2.45, 2.75) is 31.7 Å². The number of aliphatic carboxylic acids is 1. The first-order valence-corrected chi connectivity index (χ1v) is 9.47. The van der Waals surface area contributed by atoms with E-state index in [4.69, 9.17) is 14.9 Å². The summed E-state index contributed by atoms with van der Waals surface area (Å²) in [6.45, 7) is 0. The van der Waals surface area contributed by atoms with Crippen LogP contribution in [0, 0.1) is 11.3 Å². The van der Waals surface area contributed by atoms with Gasteiger partial charge >= 0.3 is 12.3 Å². The lowest BCUT2D eigenvalue weighted by atomic mass is 10.0. The largest absolute Gasteiger partial charge is 0.573 e. The van der Waals surface area contributed by atoms with Gasteiger partial charge in [-0.1, -0.05) is 5.16 Å². The summed E-state index contributed by atoms with van der Waals surface area (Å²) in [5.74, 6) is -1.27. The highest BCUT2D eigenvalue weighted by Gasteiger charge is 2.31. The van der Waals surface area contributed by atoms with Crippen LogP contribution in [-0.4, -0.2) is 33.6 Å². The number of aromatic nitrogens is 2. The van der Waals surface area contributed by atoms with Crippen molar-refractivity contribution in [2.75, 3.05) is 5.32 Å². The minimum atomic E-state index is -4.91. The first-order valence-electron chi connectivity index (χ1n) is 9.47. The molecule has 0 aliphatic carbocycles. The third-order valence-electron chi connectivity index (χ3n) is 4.84. The molecule has 2 heterocycles. The van der Waals surface area contributed by atoms with Crippen LogP contribution in [0.4, 0.5) is 18.9 Å². The number of nitrogens with zero attached hydrogens (tertiary/aromatic N) is 3. The van der Waals surface area contributed by atoms with Crippen LogP contribution in [0.25, 0.3) is 22.8 Å². The summed E-state index contributed by atoms with van der Waals surface area (Å²) in [5, 5.41) is 25.1. The molecule has 0 bridgehead atoms. The number of nitriles is 1. The Balaban J connectivity index is 1.57. The van der Waals surface area contributed by atoms with E-state index in [1.165, 1.54) is 6.07 Å². The molecular weight excluding hydrogens is 429 g/mol. The highest BCUT2D eigenvalue weighted by Crippen LogP contribution is 2.33. The molecule has 11 heteroatoms. The van der Waals surface area contributed by atoms with Gasteiger partial charge in [-0.3, -0.25) is 4.79 Å². The third-order valence-corrected chi connectivity index (χ3v) is 4.84.